The third-order valence-corrected chi connectivity index (χ3v) is 4.34. The van der Waals surface area contributed by atoms with Gasteiger partial charge in [0.15, 0.2) is 0 Å². The van der Waals surface area contributed by atoms with Gasteiger partial charge in [0.05, 0.1) is 6.07 Å². The van der Waals surface area contributed by atoms with Crippen molar-refractivity contribution >= 4 is 5.91 Å². The lowest BCUT2D eigenvalue weighted by molar-refractivity contribution is -0.126. The second-order valence-corrected chi connectivity index (χ2v) is 6.82. The molecular formula is C16H28N2O. The minimum Gasteiger partial charge on any atom is -0.356 e. The lowest BCUT2D eigenvalue weighted by Gasteiger charge is -2.36. The smallest absolute Gasteiger partial charge is 0.223 e. The quantitative estimate of drug-likeness (QED) is 0.771. The van der Waals surface area contributed by atoms with Crippen LogP contribution in [0, 0.1) is 28.6 Å². The Hall–Kier alpha value is -1.04. The minimum atomic E-state index is 0.217. The molecule has 1 aliphatic carbocycles. The van der Waals surface area contributed by atoms with Gasteiger partial charge in [0.1, 0.15) is 0 Å². The maximum atomic E-state index is 12.0. The Labute approximate surface area is 117 Å². The summed E-state index contributed by atoms with van der Waals surface area (Å²) >= 11 is 0. The zero-order valence-corrected chi connectivity index (χ0v) is 12.7. The molecule has 3 heteroatoms. The van der Waals surface area contributed by atoms with Crippen molar-refractivity contribution in [3.8, 4) is 6.07 Å². The molecule has 0 aliphatic heterocycles. The fraction of sp³-hybridized carbons (Fsp3) is 0.875. The van der Waals surface area contributed by atoms with Gasteiger partial charge >= 0.3 is 0 Å². The molecule has 19 heavy (non-hydrogen) atoms. The zero-order chi connectivity index (χ0) is 14.3. The lowest BCUT2D eigenvalue weighted by atomic mass is 9.69. The molecule has 1 fully saturated rings. The Morgan fingerprint density at radius 1 is 1.21 bits per heavy atom. The number of nitrogens with zero attached hydrogens (tertiary/aromatic N) is 1. The zero-order valence-electron chi connectivity index (χ0n) is 12.7. The van der Waals surface area contributed by atoms with Gasteiger partial charge in [-0.15, -0.1) is 0 Å². The second kappa shape index (κ2) is 7.53. The normalized spacial score (nSPS) is 23.7. The van der Waals surface area contributed by atoms with E-state index in [2.05, 4.69) is 32.2 Å². The molecule has 108 valence electrons. The van der Waals surface area contributed by atoms with Crippen molar-refractivity contribution in [3.05, 3.63) is 0 Å². The number of carbonyl (C=O) groups is 1. The molecule has 0 bridgehead atoms. The summed E-state index contributed by atoms with van der Waals surface area (Å²) in [5.41, 5.74) is 0.374. The van der Waals surface area contributed by atoms with E-state index in [0.29, 0.717) is 11.8 Å². The summed E-state index contributed by atoms with van der Waals surface area (Å²) in [7, 11) is 0. The number of amides is 1. The lowest BCUT2D eigenvalue weighted by Crippen LogP contribution is -2.35. The summed E-state index contributed by atoms with van der Waals surface area (Å²) in [5, 5.41) is 11.4. The van der Waals surface area contributed by atoms with Gasteiger partial charge in [-0.3, -0.25) is 4.79 Å². The van der Waals surface area contributed by atoms with Crippen molar-refractivity contribution in [3.63, 3.8) is 0 Å². The second-order valence-electron chi connectivity index (χ2n) is 6.82. The van der Waals surface area contributed by atoms with Crippen molar-refractivity contribution in [1.29, 1.82) is 5.26 Å². The molecule has 0 saturated heterocycles. The molecule has 1 rings (SSSR count). The van der Waals surface area contributed by atoms with Crippen LogP contribution < -0.4 is 5.32 Å². The fourth-order valence-corrected chi connectivity index (χ4v) is 2.91. The van der Waals surface area contributed by atoms with Crippen LogP contribution >= 0.6 is 0 Å². The summed E-state index contributed by atoms with van der Waals surface area (Å²) in [6, 6.07) is 2.13. The van der Waals surface area contributed by atoms with Crippen LogP contribution in [0.1, 0.15) is 65.7 Å². The van der Waals surface area contributed by atoms with Crippen molar-refractivity contribution in [2.45, 2.75) is 65.7 Å². The van der Waals surface area contributed by atoms with Crippen LogP contribution in [-0.2, 0) is 4.79 Å². The largest absolute Gasteiger partial charge is 0.356 e. The molecular weight excluding hydrogens is 236 g/mol. The van der Waals surface area contributed by atoms with Gasteiger partial charge in [0, 0.05) is 18.9 Å². The average molecular weight is 264 g/mol. The average Bonchev–Trinajstić information content (AvgIpc) is 2.37. The Bertz CT molecular complexity index is 317. The first-order chi connectivity index (χ1) is 8.95. The molecule has 0 radical (unpaired) electrons. The van der Waals surface area contributed by atoms with E-state index >= 15 is 0 Å². The highest BCUT2D eigenvalue weighted by Crippen LogP contribution is 2.39. The first-order valence-electron chi connectivity index (χ1n) is 7.60. The highest BCUT2D eigenvalue weighted by Gasteiger charge is 2.32. The minimum absolute atomic E-state index is 0.217. The van der Waals surface area contributed by atoms with Crippen LogP contribution in [0.4, 0.5) is 0 Å². The Kier molecular flexibility index (Phi) is 6.34. The van der Waals surface area contributed by atoms with Crippen molar-refractivity contribution in [2.24, 2.45) is 17.3 Å². The molecule has 0 unspecified atom stereocenters. The summed E-state index contributed by atoms with van der Waals surface area (Å²) in [6.45, 7) is 7.62. The molecule has 1 aliphatic rings. The number of unbranched alkanes of at least 4 members (excludes halogenated alkanes) is 2. The van der Waals surface area contributed by atoms with Crippen LogP contribution in [0.25, 0.3) is 0 Å². The molecule has 0 aromatic heterocycles. The van der Waals surface area contributed by atoms with Crippen molar-refractivity contribution < 1.29 is 4.79 Å². The molecule has 3 nitrogen and oxygen atoms in total. The molecule has 0 aromatic rings. The van der Waals surface area contributed by atoms with Gasteiger partial charge in [0.25, 0.3) is 0 Å². The summed E-state index contributed by atoms with van der Waals surface area (Å²) in [6.07, 6.45) is 6.81. The Morgan fingerprint density at radius 3 is 2.37 bits per heavy atom. The van der Waals surface area contributed by atoms with Crippen LogP contribution in [-0.4, -0.2) is 12.5 Å². The van der Waals surface area contributed by atoms with Gasteiger partial charge in [-0.05, 0) is 49.9 Å². The third kappa shape index (κ3) is 5.63. The topological polar surface area (TPSA) is 52.9 Å². The number of nitrogens with one attached hydrogen (secondary N) is 1. The highest BCUT2D eigenvalue weighted by atomic mass is 16.1. The molecule has 1 N–H and O–H groups in total. The number of nitriles is 1. The first kappa shape index (κ1) is 16.0. The van der Waals surface area contributed by atoms with Crippen molar-refractivity contribution in [2.75, 3.05) is 6.54 Å². The maximum Gasteiger partial charge on any atom is 0.223 e. The molecule has 0 spiro atoms. The summed E-state index contributed by atoms with van der Waals surface area (Å²) < 4.78 is 0. The predicted molar refractivity (Wildman–Crippen MR) is 77.4 cm³/mol. The fourth-order valence-electron chi connectivity index (χ4n) is 2.91. The molecule has 1 saturated carbocycles. The van der Waals surface area contributed by atoms with E-state index in [-0.39, 0.29) is 11.8 Å². The van der Waals surface area contributed by atoms with Crippen LogP contribution in [0.15, 0.2) is 0 Å². The van der Waals surface area contributed by atoms with E-state index in [4.69, 9.17) is 5.26 Å². The molecule has 0 atom stereocenters. The monoisotopic (exact) mass is 264 g/mol. The molecule has 1 amide bonds. The van der Waals surface area contributed by atoms with Crippen LogP contribution in [0.5, 0.6) is 0 Å². The van der Waals surface area contributed by atoms with Gasteiger partial charge in [-0.2, -0.15) is 5.26 Å². The Morgan fingerprint density at radius 2 is 1.84 bits per heavy atom. The van der Waals surface area contributed by atoms with E-state index < -0.39 is 0 Å². The van der Waals surface area contributed by atoms with E-state index in [0.717, 1.165) is 38.1 Å². The number of hydrogen-bond acceptors (Lipinski definition) is 2. The van der Waals surface area contributed by atoms with Crippen molar-refractivity contribution in [1.82, 2.24) is 5.32 Å². The maximum absolute atomic E-state index is 12.0. The Balaban J connectivity index is 2.20. The standard InChI is InChI=1S/C16H28N2O/c1-16(2,3)14-9-7-13(8-10-14)15(19)18-12-6-4-5-11-17/h13-14H,4-10,12H2,1-3H3,(H,18,19). The van der Waals surface area contributed by atoms with Crippen LogP contribution in [0.2, 0.25) is 0 Å². The van der Waals surface area contributed by atoms with Gasteiger partial charge in [-0.1, -0.05) is 20.8 Å². The van der Waals surface area contributed by atoms with E-state index in [9.17, 15) is 4.79 Å². The number of hydrogen-bond donors (Lipinski definition) is 1. The number of carbonyl (C=O) groups excluding carboxylic acids is 1. The summed E-state index contributed by atoms with van der Waals surface area (Å²) in [5.74, 6) is 1.20. The summed E-state index contributed by atoms with van der Waals surface area (Å²) in [4.78, 5) is 12.0. The number of rotatable bonds is 5. The van der Waals surface area contributed by atoms with Gasteiger partial charge in [0.2, 0.25) is 5.91 Å². The van der Waals surface area contributed by atoms with E-state index in [1.165, 1.54) is 12.8 Å². The SMILES string of the molecule is CC(C)(C)C1CCC(C(=O)NCCCCC#N)CC1. The van der Waals surface area contributed by atoms with E-state index in [1.807, 2.05) is 0 Å². The molecule has 0 heterocycles. The van der Waals surface area contributed by atoms with Gasteiger partial charge in [-0.25, -0.2) is 0 Å². The predicted octanol–water partition coefficient (Wildman–Crippen LogP) is 3.65. The molecule has 0 aromatic carbocycles. The van der Waals surface area contributed by atoms with E-state index in [1.54, 1.807) is 0 Å². The van der Waals surface area contributed by atoms with Crippen LogP contribution in [0.3, 0.4) is 0 Å². The highest BCUT2D eigenvalue weighted by molar-refractivity contribution is 5.78. The first-order valence-corrected chi connectivity index (χ1v) is 7.60. The third-order valence-electron chi connectivity index (χ3n) is 4.34. The van der Waals surface area contributed by atoms with Gasteiger partial charge < -0.3 is 5.32 Å².